The smallest absolute Gasteiger partial charge is 0.309 e. The van der Waals surface area contributed by atoms with Crippen LogP contribution in [0, 0.1) is 5.92 Å². The second-order valence-electron chi connectivity index (χ2n) is 4.33. The van der Waals surface area contributed by atoms with Gasteiger partial charge in [0.05, 0.1) is 5.92 Å². The number of hydrogen-bond donors (Lipinski definition) is 0. The van der Waals surface area contributed by atoms with Crippen LogP contribution in [0.15, 0.2) is 24.3 Å². The maximum atomic E-state index is 11.5. The zero-order valence-electron chi connectivity index (χ0n) is 8.20. The third-order valence-corrected chi connectivity index (χ3v) is 3.80. The van der Waals surface area contributed by atoms with Gasteiger partial charge in [-0.15, -0.1) is 0 Å². The Balaban J connectivity index is 2.08. The van der Waals surface area contributed by atoms with E-state index in [1.807, 2.05) is 24.3 Å². The molecule has 2 atom stereocenters. The lowest BCUT2D eigenvalue weighted by molar-refractivity contribution is -0.156. The highest BCUT2D eigenvalue weighted by atomic mass is 35.5. The third-order valence-electron chi connectivity index (χ3n) is 3.47. The number of carbonyl (C=O) groups is 1. The van der Waals surface area contributed by atoms with E-state index in [0.717, 1.165) is 24.8 Å². The van der Waals surface area contributed by atoms with Crippen molar-refractivity contribution in [1.29, 1.82) is 0 Å². The molecular formula is C12H11ClO2. The van der Waals surface area contributed by atoms with Crippen molar-refractivity contribution < 1.29 is 9.53 Å². The Kier molecular flexibility index (Phi) is 1.84. The van der Waals surface area contributed by atoms with Crippen LogP contribution in [-0.2, 0) is 15.1 Å². The van der Waals surface area contributed by atoms with Gasteiger partial charge in [-0.3, -0.25) is 4.79 Å². The van der Waals surface area contributed by atoms with E-state index in [1.165, 1.54) is 0 Å². The standard InChI is InChI=1S/C12H11ClO2/c13-10-4-2-1-3-9(10)12-6-5-8(7-12)11(14)15-12/h1-4,8H,5-7H2/t8-,12+/m0/s1. The molecular weight excluding hydrogens is 212 g/mol. The summed E-state index contributed by atoms with van der Waals surface area (Å²) < 4.78 is 5.49. The first-order valence-electron chi connectivity index (χ1n) is 5.19. The lowest BCUT2D eigenvalue weighted by atomic mass is 9.92. The van der Waals surface area contributed by atoms with Crippen molar-refractivity contribution in [3.8, 4) is 0 Å². The molecule has 1 heterocycles. The second-order valence-corrected chi connectivity index (χ2v) is 4.74. The monoisotopic (exact) mass is 222 g/mol. The summed E-state index contributed by atoms with van der Waals surface area (Å²) in [5.41, 5.74) is 0.556. The predicted octanol–water partition coefficient (Wildman–Crippen LogP) is 2.89. The van der Waals surface area contributed by atoms with Crippen molar-refractivity contribution in [3.63, 3.8) is 0 Å². The van der Waals surface area contributed by atoms with Gasteiger partial charge in [0.15, 0.2) is 0 Å². The number of benzene rings is 1. The van der Waals surface area contributed by atoms with Gasteiger partial charge in [-0.2, -0.15) is 0 Å². The number of fused-ring (bicyclic) bond motifs is 2. The molecule has 2 nitrogen and oxygen atoms in total. The fourth-order valence-corrected chi connectivity index (χ4v) is 3.02. The maximum absolute atomic E-state index is 11.5. The summed E-state index contributed by atoms with van der Waals surface area (Å²) >= 11 is 6.15. The second kappa shape index (κ2) is 2.99. The van der Waals surface area contributed by atoms with E-state index in [2.05, 4.69) is 0 Å². The lowest BCUT2D eigenvalue weighted by Gasteiger charge is -2.27. The van der Waals surface area contributed by atoms with Crippen LogP contribution in [0.25, 0.3) is 0 Å². The van der Waals surface area contributed by atoms with E-state index in [1.54, 1.807) is 0 Å². The van der Waals surface area contributed by atoms with Gasteiger partial charge < -0.3 is 4.74 Å². The van der Waals surface area contributed by atoms with Gasteiger partial charge in [0, 0.05) is 17.0 Å². The van der Waals surface area contributed by atoms with E-state index in [0.29, 0.717) is 5.02 Å². The number of hydrogen-bond acceptors (Lipinski definition) is 2. The summed E-state index contributed by atoms with van der Waals surface area (Å²) in [6.45, 7) is 0. The Hall–Kier alpha value is -1.02. The first-order valence-corrected chi connectivity index (χ1v) is 5.57. The quantitative estimate of drug-likeness (QED) is 0.683. The van der Waals surface area contributed by atoms with Crippen LogP contribution in [0.2, 0.25) is 5.02 Å². The average Bonchev–Trinajstić information content (AvgIpc) is 2.76. The van der Waals surface area contributed by atoms with Crippen LogP contribution in [0.4, 0.5) is 0 Å². The van der Waals surface area contributed by atoms with Crippen molar-refractivity contribution >= 4 is 17.6 Å². The highest BCUT2D eigenvalue weighted by Crippen LogP contribution is 2.52. The molecule has 1 aromatic carbocycles. The SMILES string of the molecule is O=C1O[C@]2(c3ccccc3Cl)CC[C@H]1C2. The molecule has 0 aromatic heterocycles. The van der Waals surface area contributed by atoms with E-state index in [9.17, 15) is 4.79 Å². The summed E-state index contributed by atoms with van der Waals surface area (Å²) in [6, 6.07) is 7.65. The van der Waals surface area contributed by atoms with Crippen LogP contribution in [0.5, 0.6) is 0 Å². The molecule has 78 valence electrons. The molecule has 1 saturated carbocycles. The Morgan fingerprint density at radius 2 is 2.20 bits per heavy atom. The van der Waals surface area contributed by atoms with Gasteiger partial charge >= 0.3 is 5.97 Å². The zero-order chi connectivity index (χ0) is 10.5. The summed E-state index contributed by atoms with van der Waals surface area (Å²) in [4.78, 5) is 11.5. The van der Waals surface area contributed by atoms with E-state index >= 15 is 0 Å². The van der Waals surface area contributed by atoms with Crippen molar-refractivity contribution in [3.05, 3.63) is 34.9 Å². The molecule has 1 aromatic rings. The Morgan fingerprint density at radius 1 is 1.40 bits per heavy atom. The fraction of sp³-hybridized carbons (Fsp3) is 0.417. The Labute approximate surface area is 93.2 Å². The van der Waals surface area contributed by atoms with Gasteiger partial charge in [0.25, 0.3) is 0 Å². The van der Waals surface area contributed by atoms with E-state index in [-0.39, 0.29) is 11.9 Å². The summed E-state index contributed by atoms with van der Waals surface area (Å²) in [7, 11) is 0. The minimum absolute atomic E-state index is 0.0545. The van der Waals surface area contributed by atoms with Crippen molar-refractivity contribution in [1.82, 2.24) is 0 Å². The van der Waals surface area contributed by atoms with E-state index < -0.39 is 5.60 Å². The summed E-state index contributed by atoms with van der Waals surface area (Å²) in [5, 5.41) is 0.702. The molecule has 0 unspecified atom stereocenters. The van der Waals surface area contributed by atoms with Crippen LogP contribution >= 0.6 is 11.6 Å². The zero-order valence-corrected chi connectivity index (χ0v) is 8.96. The molecule has 0 N–H and O–H groups in total. The highest BCUT2D eigenvalue weighted by Gasteiger charge is 2.54. The van der Waals surface area contributed by atoms with Crippen LogP contribution < -0.4 is 0 Å². The highest BCUT2D eigenvalue weighted by molar-refractivity contribution is 6.31. The van der Waals surface area contributed by atoms with E-state index in [4.69, 9.17) is 16.3 Å². The number of halogens is 1. The van der Waals surface area contributed by atoms with Gasteiger partial charge in [0.2, 0.25) is 0 Å². The molecule has 2 fully saturated rings. The lowest BCUT2D eigenvalue weighted by Crippen LogP contribution is -2.26. The topological polar surface area (TPSA) is 26.3 Å². The number of carbonyl (C=O) groups excluding carboxylic acids is 1. The average molecular weight is 223 g/mol. The minimum atomic E-state index is -0.417. The number of ether oxygens (including phenoxy) is 1. The largest absolute Gasteiger partial charge is 0.454 e. The minimum Gasteiger partial charge on any atom is -0.454 e. The predicted molar refractivity (Wildman–Crippen MR) is 56.6 cm³/mol. The molecule has 2 aliphatic rings. The Morgan fingerprint density at radius 3 is 2.80 bits per heavy atom. The van der Waals surface area contributed by atoms with Gasteiger partial charge in [-0.05, 0) is 18.9 Å². The molecule has 15 heavy (non-hydrogen) atoms. The number of esters is 1. The van der Waals surface area contributed by atoms with Gasteiger partial charge in [0.1, 0.15) is 5.60 Å². The van der Waals surface area contributed by atoms with Crippen LogP contribution in [0.1, 0.15) is 24.8 Å². The molecule has 0 amide bonds. The first-order chi connectivity index (χ1) is 7.21. The van der Waals surface area contributed by atoms with Crippen molar-refractivity contribution in [2.75, 3.05) is 0 Å². The maximum Gasteiger partial charge on any atom is 0.309 e. The fourth-order valence-electron chi connectivity index (χ4n) is 2.71. The normalized spacial score (nSPS) is 33.1. The van der Waals surface area contributed by atoms with Crippen molar-refractivity contribution in [2.24, 2.45) is 5.92 Å². The molecule has 0 radical (unpaired) electrons. The van der Waals surface area contributed by atoms with Gasteiger partial charge in [-0.1, -0.05) is 29.8 Å². The molecule has 1 saturated heterocycles. The molecule has 3 rings (SSSR count). The third kappa shape index (κ3) is 1.21. The Bertz CT molecular complexity index is 429. The van der Waals surface area contributed by atoms with Crippen molar-refractivity contribution in [2.45, 2.75) is 24.9 Å². The number of rotatable bonds is 1. The van der Waals surface area contributed by atoms with Crippen LogP contribution in [-0.4, -0.2) is 5.97 Å². The summed E-state index contributed by atoms with van der Waals surface area (Å²) in [6.07, 6.45) is 2.65. The molecule has 3 heteroatoms. The van der Waals surface area contributed by atoms with Crippen LogP contribution in [0.3, 0.4) is 0 Å². The molecule has 0 spiro atoms. The summed E-state index contributed by atoms with van der Waals surface area (Å²) in [5.74, 6) is 0.0439. The first kappa shape index (κ1) is 9.22. The molecule has 1 aliphatic heterocycles. The van der Waals surface area contributed by atoms with Gasteiger partial charge in [-0.25, -0.2) is 0 Å². The molecule has 1 aliphatic carbocycles. The molecule has 2 bridgehead atoms.